The second kappa shape index (κ2) is 7.60. The van der Waals surface area contributed by atoms with Crippen molar-refractivity contribution in [2.24, 2.45) is 12.9 Å². The van der Waals surface area contributed by atoms with E-state index in [4.69, 9.17) is 15.7 Å². The van der Waals surface area contributed by atoms with Gasteiger partial charge in [-0.1, -0.05) is 35.9 Å². The van der Waals surface area contributed by atoms with Gasteiger partial charge in [-0.05, 0) is 41.8 Å². The minimum atomic E-state index is -2.37. The second-order valence-corrected chi connectivity index (χ2v) is 8.43. The number of carbonyl (C=O) groups is 1. The van der Waals surface area contributed by atoms with Gasteiger partial charge in [0.25, 0.3) is 0 Å². The fraction of sp³-hybridized carbons (Fsp3) is 0.286. The summed E-state index contributed by atoms with van der Waals surface area (Å²) >= 11 is 7.14. The largest absolute Gasteiger partial charge is 0.349 e. The number of benzene rings is 1. The zero-order valence-electron chi connectivity index (χ0n) is 18.5. The minimum Gasteiger partial charge on any atom is -0.349 e. The third-order valence-electron chi connectivity index (χ3n) is 4.79. The van der Waals surface area contributed by atoms with Gasteiger partial charge in [0.05, 0.1) is 11.3 Å². The number of hydrogen-bond acceptors (Lipinski definition) is 4. The molecule has 7 heteroatoms. The number of aryl methyl sites for hydroxylation is 1. The Bertz CT molecular complexity index is 1100. The Morgan fingerprint density at radius 1 is 1.25 bits per heavy atom. The standard InChI is InChI=1S/C21H21ClN4OS/c1-25(2)20(27)17-10-16(17)13-4-6-14(7-5-13)19-21(26(3)12-24-19)28-18-9-8-15(22)11-23-18/h4-9,11-12,16-17H,10H2,1-3H3/t16-,17+/m1/s1/i3T3. The first kappa shape index (κ1) is 15.6. The topological polar surface area (TPSA) is 51.0 Å². The number of pyridine rings is 1. The van der Waals surface area contributed by atoms with Crippen molar-refractivity contribution in [2.75, 3.05) is 14.1 Å². The molecular weight excluding hydrogens is 392 g/mol. The SMILES string of the molecule is [3H]C([3H])([3H])n1cnc(-c2ccc([C@H]3C[C@@H]3C(=O)N(C)C)cc2)c1Sc1ccc(Cl)cn1. The molecule has 1 aromatic carbocycles. The second-order valence-electron chi connectivity index (χ2n) is 6.99. The quantitative estimate of drug-likeness (QED) is 0.613. The van der Waals surface area contributed by atoms with Crippen molar-refractivity contribution in [2.45, 2.75) is 22.4 Å². The zero-order chi connectivity index (χ0) is 22.3. The lowest BCUT2D eigenvalue weighted by Crippen LogP contribution is -2.23. The van der Waals surface area contributed by atoms with Gasteiger partial charge < -0.3 is 9.47 Å². The lowest BCUT2D eigenvalue weighted by molar-refractivity contribution is -0.130. The van der Waals surface area contributed by atoms with Crippen LogP contribution in [0.15, 0.2) is 59.0 Å². The van der Waals surface area contributed by atoms with E-state index in [0.717, 1.165) is 17.5 Å². The van der Waals surface area contributed by atoms with Crippen LogP contribution in [0.5, 0.6) is 0 Å². The lowest BCUT2D eigenvalue weighted by Gasteiger charge is -2.10. The number of imidazole rings is 1. The molecule has 144 valence electrons. The van der Waals surface area contributed by atoms with Gasteiger partial charge in [0.15, 0.2) is 0 Å². The summed E-state index contributed by atoms with van der Waals surface area (Å²) < 4.78 is 24.7. The highest BCUT2D eigenvalue weighted by molar-refractivity contribution is 7.99. The van der Waals surface area contributed by atoms with E-state index in [-0.39, 0.29) is 17.7 Å². The maximum atomic E-state index is 12.2. The summed E-state index contributed by atoms with van der Waals surface area (Å²) in [6, 6.07) is 11.3. The van der Waals surface area contributed by atoms with Gasteiger partial charge in [0.1, 0.15) is 15.7 Å². The van der Waals surface area contributed by atoms with Crippen LogP contribution in [0, 0.1) is 5.92 Å². The fourth-order valence-corrected chi connectivity index (χ4v) is 4.17. The van der Waals surface area contributed by atoms with Crippen molar-refractivity contribution in [3.63, 3.8) is 0 Å². The van der Waals surface area contributed by atoms with E-state index < -0.39 is 6.98 Å². The van der Waals surface area contributed by atoms with Crippen LogP contribution in [-0.2, 0) is 11.8 Å². The van der Waals surface area contributed by atoms with Crippen molar-refractivity contribution in [1.82, 2.24) is 19.4 Å². The number of carbonyl (C=O) groups excluding carboxylic acids is 1. The lowest BCUT2D eigenvalue weighted by atomic mass is 10.0. The Morgan fingerprint density at radius 2 is 2.04 bits per heavy atom. The summed E-state index contributed by atoms with van der Waals surface area (Å²) in [5, 5.41) is 1.61. The number of rotatable bonds is 5. The average molecular weight is 419 g/mol. The van der Waals surface area contributed by atoms with Gasteiger partial charge in [0.2, 0.25) is 5.91 Å². The predicted molar refractivity (Wildman–Crippen MR) is 112 cm³/mol. The maximum Gasteiger partial charge on any atom is 0.225 e. The van der Waals surface area contributed by atoms with Crippen molar-refractivity contribution in [1.29, 1.82) is 0 Å². The van der Waals surface area contributed by atoms with Gasteiger partial charge in [-0.25, -0.2) is 9.97 Å². The van der Waals surface area contributed by atoms with Crippen LogP contribution in [0.25, 0.3) is 11.3 Å². The number of halogens is 1. The molecule has 1 saturated carbocycles. The molecule has 1 fully saturated rings. The molecule has 1 aliphatic rings. The summed E-state index contributed by atoms with van der Waals surface area (Å²) in [6.07, 6.45) is 3.71. The molecule has 0 aliphatic heterocycles. The monoisotopic (exact) mass is 418 g/mol. The molecule has 0 radical (unpaired) electrons. The van der Waals surface area contributed by atoms with Crippen LogP contribution < -0.4 is 0 Å². The maximum absolute atomic E-state index is 12.2. The van der Waals surface area contributed by atoms with Gasteiger partial charge in [-0.3, -0.25) is 4.79 Å². The van der Waals surface area contributed by atoms with Crippen molar-refractivity contribution in [3.8, 4) is 11.3 Å². The summed E-state index contributed by atoms with van der Waals surface area (Å²) in [7, 11) is 3.55. The first-order chi connectivity index (χ1) is 14.6. The molecular formula is C21H21ClN4OS. The van der Waals surface area contributed by atoms with E-state index in [2.05, 4.69) is 9.97 Å². The van der Waals surface area contributed by atoms with E-state index in [1.165, 1.54) is 28.9 Å². The minimum absolute atomic E-state index is 0.0396. The average Bonchev–Trinajstić information content (AvgIpc) is 3.40. The molecule has 1 amide bonds. The molecule has 5 nitrogen and oxygen atoms in total. The normalized spacial score (nSPS) is 20.2. The van der Waals surface area contributed by atoms with Crippen LogP contribution in [-0.4, -0.2) is 39.4 Å². The summed E-state index contributed by atoms with van der Waals surface area (Å²) in [4.78, 5) is 22.4. The Labute approximate surface area is 178 Å². The van der Waals surface area contributed by atoms with E-state index in [1.54, 1.807) is 31.1 Å². The van der Waals surface area contributed by atoms with Gasteiger partial charge in [0, 0.05) is 42.9 Å². The zero-order valence-corrected chi connectivity index (χ0v) is 17.0. The van der Waals surface area contributed by atoms with E-state index in [9.17, 15) is 4.79 Å². The summed E-state index contributed by atoms with van der Waals surface area (Å²) in [5.41, 5.74) is 2.48. The number of amides is 1. The molecule has 3 aromatic rings. The van der Waals surface area contributed by atoms with Gasteiger partial charge in [-0.15, -0.1) is 0 Å². The summed E-state index contributed by atoms with van der Waals surface area (Å²) in [5.74, 6) is 0.424. The van der Waals surface area contributed by atoms with Crippen molar-refractivity contribution >= 4 is 29.3 Å². The third-order valence-corrected chi connectivity index (χ3v) is 6.04. The fourth-order valence-electron chi connectivity index (χ4n) is 3.21. The Balaban J connectivity index is 1.63. The predicted octanol–water partition coefficient (Wildman–Crippen LogP) is 4.48. The first-order valence-corrected chi connectivity index (χ1v) is 10.0. The van der Waals surface area contributed by atoms with Crippen molar-refractivity contribution in [3.05, 3.63) is 59.5 Å². The molecule has 0 spiro atoms. The highest BCUT2D eigenvalue weighted by Crippen LogP contribution is 2.48. The van der Waals surface area contributed by atoms with Crippen LogP contribution in [0.1, 0.15) is 22.0 Å². The molecule has 2 aromatic heterocycles. The van der Waals surface area contributed by atoms with Crippen molar-refractivity contribution < 1.29 is 8.91 Å². The van der Waals surface area contributed by atoms with Gasteiger partial charge >= 0.3 is 0 Å². The third kappa shape index (κ3) is 3.80. The molecule has 0 unspecified atom stereocenters. The van der Waals surface area contributed by atoms with Crippen LogP contribution in [0.2, 0.25) is 5.02 Å². The molecule has 28 heavy (non-hydrogen) atoms. The number of aromatic nitrogens is 3. The van der Waals surface area contributed by atoms with E-state index >= 15 is 0 Å². The Hall–Kier alpha value is -2.31. The molecule has 2 heterocycles. The van der Waals surface area contributed by atoms with Gasteiger partial charge in [-0.2, -0.15) is 0 Å². The number of nitrogens with zero attached hydrogens (tertiary/aromatic N) is 4. The van der Waals surface area contributed by atoms with E-state index in [0.29, 0.717) is 20.8 Å². The van der Waals surface area contributed by atoms with Crippen LogP contribution in [0.4, 0.5) is 0 Å². The molecule has 2 atom stereocenters. The molecule has 0 N–H and O–H groups in total. The molecule has 0 bridgehead atoms. The highest BCUT2D eigenvalue weighted by Gasteiger charge is 2.44. The summed E-state index contributed by atoms with van der Waals surface area (Å²) in [6.45, 7) is -2.37. The Morgan fingerprint density at radius 3 is 2.68 bits per heavy atom. The highest BCUT2D eigenvalue weighted by atomic mass is 35.5. The van der Waals surface area contributed by atoms with Crippen LogP contribution >= 0.6 is 23.4 Å². The first-order valence-electron chi connectivity index (χ1n) is 10.3. The Kier molecular flexibility index (Phi) is 4.23. The smallest absolute Gasteiger partial charge is 0.225 e. The molecule has 1 aliphatic carbocycles. The van der Waals surface area contributed by atoms with E-state index in [1.807, 2.05) is 24.3 Å². The molecule has 0 saturated heterocycles. The van der Waals surface area contributed by atoms with Crippen LogP contribution in [0.3, 0.4) is 0 Å². The molecule has 4 rings (SSSR count). The number of hydrogen-bond donors (Lipinski definition) is 0.